The summed E-state index contributed by atoms with van der Waals surface area (Å²) in [5.41, 5.74) is 1.58. The van der Waals surface area contributed by atoms with Gasteiger partial charge in [-0.1, -0.05) is 30.5 Å². The van der Waals surface area contributed by atoms with Gasteiger partial charge in [0.25, 0.3) is 0 Å². The van der Waals surface area contributed by atoms with Crippen LogP contribution < -0.4 is 10.1 Å². The third-order valence-corrected chi connectivity index (χ3v) is 4.05. The second kappa shape index (κ2) is 6.27. The van der Waals surface area contributed by atoms with Gasteiger partial charge in [0.2, 0.25) is 5.91 Å². The smallest absolute Gasteiger partial charge is 0.225 e. The molecule has 1 aliphatic rings. The van der Waals surface area contributed by atoms with E-state index in [0.717, 1.165) is 42.6 Å². The lowest BCUT2D eigenvalue weighted by atomic mass is 9.98. The minimum Gasteiger partial charge on any atom is -0.496 e. The summed E-state index contributed by atoms with van der Waals surface area (Å²) in [7, 11) is 1.61. The first kappa shape index (κ1) is 14.9. The second-order valence-corrected chi connectivity index (χ2v) is 5.69. The summed E-state index contributed by atoms with van der Waals surface area (Å²) in [5, 5.41) is 12.6. The van der Waals surface area contributed by atoms with Crippen LogP contribution in [0.15, 0.2) is 18.2 Å². The first-order valence-corrected chi connectivity index (χ1v) is 7.14. The fourth-order valence-electron chi connectivity index (χ4n) is 2.93. The number of carbonyl (C=O) groups is 1. The third kappa shape index (κ3) is 3.31. The number of methoxy groups -OCH3 is 1. The SMILES string of the molecule is COc1ccc(C)cc1CC(=O)NC1(CO)CCCC1. The molecule has 0 saturated heterocycles. The molecule has 1 saturated carbocycles. The minimum atomic E-state index is -0.409. The average Bonchev–Trinajstić information content (AvgIpc) is 2.88. The van der Waals surface area contributed by atoms with Gasteiger partial charge in [0, 0.05) is 5.56 Å². The molecule has 4 heteroatoms. The molecule has 4 nitrogen and oxygen atoms in total. The number of ether oxygens (including phenoxy) is 1. The van der Waals surface area contributed by atoms with E-state index in [4.69, 9.17) is 4.74 Å². The number of nitrogens with one attached hydrogen (secondary N) is 1. The Morgan fingerprint density at radius 2 is 2.10 bits per heavy atom. The maximum Gasteiger partial charge on any atom is 0.225 e. The minimum absolute atomic E-state index is 0.0176. The quantitative estimate of drug-likeness (QED) is 0.865. The topological polar surface area (TPSA) is 58.6 Å². The predicted molar refractivity (Wildman–Crippen MR) is 77.9 cm³/mol. The molecule has 2 rings (SSSR count). The molecular formula is C16H23NO3. The number of aliphatic hydroxyl groups is 1. The molecule has 0 aliphatic heterocycles. The van der Waals surface area contributed by atoms with Gasteiger partial charge in [-0.05, 0) is 25.8 Å². The van der Waals surface area contributed by atoms with Gasteiger partial charge in [-0.2, -0.15) is 0 Å². The van der Waals surface area contributed by atoms with Gasteiger partial charge < -0.3 is 15.2 Å². The van der Waals surface area contributed by atoms with E-state index in [2.05, 4.69) is 5.32 Å². The Labute approximate surface area is 120 Å². The monoisotopic (exact) mass is 277 g/mol. The van der Waals surface area contributed by atoms with E-state index < -0.39 is 5.54 Å². The molecule has 0 atom stereocenters. The van der Waals surface area contributed by atoms with Gasteiger partial charge in [0.15, 0.2) is 0 Å². The fourth-order valence-corrected chi connectivity index (χ4v) is 2.93. The number of rotatable bonds is 5. The Hall–Kier alpha value is -1.55. The normalized spacial score (nSPS) is 16.9. The predicted octanol–water partition coefficient (Wildman–Crippen LogP) is 1.97. The van der Waals surface area contributed by atoms with Gasteiger partial charge in [-0.3, -0.25) is 4.79 Å². The van der Waals surface area contributed by atoms with Crippen molar-refractivity contribution in [3.63, 3.8) is 0 Å². The number of hydrogen-bond acceptors (Lipinski definition) is 3. The first-order valence-electron chi connectivity index (χ1n) is 7.14. The number of hydrogen-bond donors (Lipinski definition) is 2. The molecule has 0 heterocycles. The van der Waals surface area contributed by atoms with Crippen LogP contribution in [-0.2, 0) is 11.2 Å². The van der Waals surface area contributed by atoms with Crippen molar-refractivity contribution in [1.82, 2.24) is 5.32 Å². The average molecular weight is 277 g/mol. The summed E-state index contributed by atoms with van der Waals surface area (Å²) < 4.78 is 5.29. The number of carbonyl (C=O) groups excluding carboxylic acids is 1. The number of amides is 1. The highest BCUT2D eigenvalue weighted by molar-refractivity contribution is 5.80. The fraction of sp³-hybridized carbons (Fsp3) is 0.562. The number of benzene rings is 1. The highest BCUT2D eigenvalue weighted by atomic mass is 16.5. The van der Waals surface area contributed by atoms with Crippen molar-refractivity contribution in [2.75, 3.05) is 13.7 Å². The Kier molecular flexibility index (Phi) is 4.65. The van der Waals surface area contributed by atoms with Crippen LogP contribution >= 0.6 is 0 Å². The number of aliphatic hydroxyl groups excluding tert-OH is 1. The summed E-state index contributed by atoms with van der Waals surface area (Å²) in [5.74, 6) is 0.681. The molecule has 110 valence electrons. The molecule has 0 spiro atoms. The molecule has 1 amide bonds. The van der Waals surface area contributed by atoms with Crippen LogP contribution in [0.3, 0.4) is 0 Å². The van der Waals surface area contributed by atoms with Crippen molar-refractivity contribution in [3.05, 3.63) is 29.3 Å². The summed E-state index contributed by atoms with van der Waals surface area (Å²) >= 11 is 0. The van der Waals surface area contributed by atoms with Crippen LogP contribution in [0.2, 0.25) is 0 Å². The summed E-state index contributed by atoms with van der Waals surface area (Å²) in [6.45, 7) is 2.01. The largest absolute Gasteiger partial charge is 0.496 e. The van der Waals surface area contributed by atoms with E-state index in [0.29, 0.717) is 0 Å². The zero-order chi connectivity index (χ0) is 14.6. The molecule has 1 aromatic rings. The van der Waals surface area contributed by atoms with Crippen molar-refractivity contribution >= 4 is 5.91 Å². The van der Waals surface area contributed by atoms with Crippen LogP contribution in [0.25, 0.3) is 0 Å². The van der Waals surface area contributed by atoms with E-state index in [-0.39, 0.29) is 18.9 Å². The first-order chi connectivity index (χ1) is 9.58. The Morgan fingerprint density at radius 3 is 2.70 bits per heavy atom. The van der Waals surface area contributed by atoms with Crippen LogP contribution in [0.5, 0.6) is 5.75 Å². The lowest BCUT2D eigenvalue weighted by Gasteiger charge is -2.28. The van der Waals surface area contributed by atoms with Gasteiger partial charge >= 0.3 is 0 Å². The highest BCUT2D eigenvalue weighted by Gasteiger charge is 2.34. The summed E-state index contributed by atoms with van der Waals surface area (Å²) in [6.07, 6.45) is 4.14. The summed E-state index contributed by atoms with van der Waals surface area (Å²) in [6, 6.07) is 5.82. The molecule has 1 aromatic carbocycles. The van der Waals surface area contributed by atoms with Crippen molar-refractivity contribution in [2.45, 2.75) is 44.6 Å². The highest BCUT2D eigenvalue weighted by Crippen LogP contribution is 2.29. The number of aryl methyl sites for hydroxylation is 1. The second-order valence-electron chi connectivity index (χ2n) is 5.69. The summed E-state index contributed by atoms with van der Waals surface area (Å²) in [4.78, 5) is 12.2. The molecule has 20 heavy (non-hydrogen) atoms. The van der Waals surface area contributed by atoms with E-state index >= 15 is 0 Å². The molecule has 0 aromatic heterocycles. The van der Waals surface area contributed by atoms with Gasteiger partial charge in [-0.25, -0.2) is 0 Å². The maximum atomic E-state index is 12.2. The van der Waals surface area contributed by atoms with Crippen molar-refractivity contribution in [3.8, 4) is 5.75 Å². The Balaban J connectivity index is 2.06. The van der Waals surface area contributed by atoms with Gasteiger partial charge in [-0.15, -0.1) is 0 Å². The Morgan fingerprint density at radius 1 is 1.40 bits per heavy atom. The van der Waals surface area contributed by atoms with E-state index in [1.54, 1.807) is 7.11 Å². The van der Waals surface area contributed by atoms with Gasteiger partial charge in [0.05, 0.1) is 25.7 Å². The van der Waals surface area contributed by atoms with Crippen molar-refractivity contribution < 1.29 is 14.6 Å². The van der Waals surface area contributed by atoms with Crippen LogP contribution in [0.1, 0.15) is 36.8 Å². The molecular weight excluding hydrogens is 254 g/mol. The molecule has 0 unspecified atom stereocenters. The molecule has 0 bridgehead atoms. The third-order valence-electron chi connectivity index (χ3n) is 4.05. The lowest BCUT2D eigenvalue weighted by molar-refractivity contribution is -0.122. The van der Waals surface area contributed by atoms with Crippen LogP contribution in [0.4, 0.5) is 0 Å². The van der Waals surface area contributed by atoms with E-state index in [1.807, 2.05) is 25.1 Å². The van der Waals surface area contributed by atoms with Gasteiger partial charge in [0.1, 0.15) is 5.75 Å². The zero-order valence-corrected chi connectivity index (χ0v) is 12.2. The van der Waals surface area contributed by atoms with Crippen molar-refractivity contribution in [2.24, 2.45) is 0 Å². The molecule has 1 aliphatic carbocycles. The Bertz CT molecular complexity index is 479. The standard InChI is InChI=1S/C16H23NO3/c1-12-5-6-14(20-2)13(9-12)10-15(19)17-16(11-18)7-3-4-8-16/h5-6,9,18H,3-4,7-8,10-11H2,1-2H3,(H,17,19). The van der Waals surface area contributed by atoms with E-state index in [9.17, 15) is 9.90 Å². The zero-order valence-electron chi connectivity index (χ0n) is 12.2. The maximum absolute atomic E-state index is 12.2. The molecule has 2 N–H and O–H groups in total. The molecule has 1 fully saturated rings. The molecule has 0 radical (unpaired) electrons. The van der Waals surface area contributed by atoms with E-state index in [1.165, 1.54) is 0 Å². The van der Waals surface area contributed by atoms with Crippen LogP contribution in [0, 0.1) is 6.92 Å². The lowest BCUT2D eigenvalue weighted by Crippen LogP contribution is -2.49. The van der Waals surface area contributed by atoms with Crippen molar-refractivity contribution in [1.29, 1.82) is 0 Å². The van der Waals surface area contributed by atoms with Crippen LogP contribution in [-0.4, -0.2) is 30.3 Å².